The Bertz CT molecular complexity index is 553. The first-order valence-electron chi connectivity index (χ1n) is 9.30. The maximum atomic E-state index is 13.1. The maximum absolute atomic E-state index is 13.1. The quantitative estimate of drug-likeness (QED) is 0.914. The summed E-state index contributed by atoms with van der Waals surface area (Å²) in [6.45, 7) is 7.27. The highest BCUT2D eigenvalue weighted by atomic mass is 19.1. The molecular weight excluding hydrogens is 303 g/mol. The van der Waals surface area contributed by atoms with Gasteiger partial charge in [0.2, 0.25) is 5.91 Å². The van der Waals surface area contributed by atoms with Crippen molar-refractivity contribution in [1.82, 2.24) is 10.2 Å². The first-order valence-corrected chi connectivity index (χ1v) is 9.30. The largest absolute Gasteiger partial charge is 0.339 e. The first kappa shape index (κ1) is 17.4. The van der Waals surface area contributed by atoms with Crippen LogP contribution in [0.15, 0.2) is 24.3 Å². The standard InChI is InChI=1S/C20H29FN2O/c1-14(17-4-3-9-22-12-17)10-20(24)23-13-18(11-15(23)2)16-5-7-19(21)8-6-16/h5-8,14-15,17-18,22H,3-4,9-13H2,1-2H3. The fourth-order valence-electron chi connectivity index (χ4n) is 4.28. The van der Waals surface area contributed by atoms with Crippen molar-refractivity contribution < 1.29 is 9.18 Å². The van der Waals surface area contributed by atoms with Gasteiger partial charge >= 0.3 is 0 Å². The van der Waals surface area contributed by atoms with Gasteiger partial charge < -0.3 is 10.2 Å². The molecule has 3 rings (SSSR count). The van der Waals surface area contributed by atoms with E-state index in [9.17, 15) is 9.18 Å². The molecule has 2 heterocycles. The van der Waals surface area contributed by atoms with Crippen LogP contribution in [0.3, 0.4) is 0 Å². The highest BCUT2D eigenvalue weighted by molar-refractivity contribution is 5.77. The van der Waals surface area contributed by atoms with Crippen molar-refractivity contribution in [1.29, 1.82) is 0 Å². The molecule has 132 valence electrons. The summed E-state index contributed by atoms with van der Waals surface area (Å²) in [6, 6.07) is 7.02. The summed E-state index contributed by atoms with van der Waals surface area (Å²) in [4.78, 5) is 14.8. The lowest BCUT2D eigenvalue weighted by Gasteiger charge is -2.30. The smallest absolute Gasteiger partial charge is 0.223 e. The summed E-state index contributed by atoms with van der Waals surface area (Å²) in [5.74, 6) is 1.46. The van der Waals surface area contributed by atoms with Gasteiger partial charge in [-0.05, 0) is 68.8 Å². The second-order valence-electron chi connectivity index (χ2n) is 7.67. The van der Waals surface area contributed by atoms with Crippen LogP contribution in [0.25, 0.3) is 0 Å². The van der Waals surface area contributed by atoms with Gasteiger partial charge in [-0.2, -0.15) is 0 Å². The number of hydrogen-bond acceptors (Lipinski definition) is 2. The van der Waals surface area contributed by atoms with E-state index in [4.69, 9.17) is 0 Å². The molecule has 0 saturated carbocycles. The average molecular weight is 332 g/mol. The van der Waals surface area contributed by atoms with Gasteiger partial charge in [0.1, 0.15) is 5.82 Å². The molecule has 2 aliphatic rings. The topological polar surface area (TPSA) is 32.3 Å². The maximum Gasteiger partial charge on any atom is 0.223 e. The van der Waals surface area contributed by atoms with E-state index in [1.54, 1.807) is 0 Å². The number of amides is 1. The molecule has 1 amide bonds. The number of benzene rings is 1. The number of rotatable bonds is 4. The first-order chi connectivity index (χ1) is 11.5. The van der Waals surface area contributed by atoms with E-state index in [0.717, 1.165) is 31.6 Å². The van der Waals surface area contributed by atoms with Gasteiger partial charge in [-0.1, -0.05) is 19.1 Å². The lowest BCUT2D eigenvalue weighted by atomic mass is 9.85. The van der Waals surface area contributed by atoms with Crippen molar-refractivity contribution in [3.63, 3.8) is 0 Å². The molecule has 3 nitrogen and oxygen atoms in total. The summed E-state index contributed by atoms with van der Waals surface area (Å²) in [5, 5.41) is 3.44. The molecular formula is C20H29FN2O. The highest BCUT2D eigenvalue weighted by Gasteiger charge is 2.34. The number of halogens is 1. The normalized spacial score (nSPS) is 28.8. The minimum Gasteiger partial charge on any atom is -0.339 e. The van der Waals surface area contributed by atoms with Crippen LogP contribution in [0.2, 0.25) is 0 Å². The van der Waals surface area contributed by atoms with Crippen LogP contribution in [-0.2, 0) is 4.79 Å². The number of carbonyl (C=O) groups is 1. The van der Waals surface area contributed by atoms with E-state index >= 15 is 0 Å². The Morgan fingerprint density at radius 1 is 1.38 bits per heavy atom. The van der Waals surface area contributed by atoms with Crippen LogP contribution >= 0.6 is 0 Å². The third kappa shape index (κ3) is 3.97. The summed E-state index contributed by atoms with van der Waals surface area (Å²) in [5.41, 5.74) is 1.14. The van der Waals surface area contributed by atoms with Gasteiger partial charge in [-0.15, -0.1) is 0 Å². The Morgan fingerprint density at radius 2 is 2.12 bits per heavy atom. The molecule has 4 unspecified atom stereocenters. The summed E-state index contributed by atoms with van der Waals surface area (Å²) >= 11 is 0. The van der Waals surface area contributed by atoms with Crippen molar-refractivity contribution in [3.05, 3.63) is 35.6 Å². The molecule has 0 radical (unpaired) electrons. The lowest BCUT2D eigenvalue weighted by molar-refractivity contribution is -0.133. The number of hydrogen-bond donors (Lipinski definition) is 1. The van der Waals surface area contributed by atoms with Crippen molar-refractivity contribution in [2.24, 2.45) is 11.8 Å². The van der Waals surface area contributed by atoms with Crippen molar-refractivity contribution >= 4 is 5.91 Å². The Hall–Kier alpha value is -1.42. The SMILES string of the molecule is CC(CC(=O)N1CC(c2ccc(F)cc2)CC1C)C1CCCNC1. The fraction of sp³-hybridized carbons (Fsp3) is 0.650. The molecule has 0 spiro atoms. The molecule has 0 bridgehead atoms. The Morgan fingerprint density at radius 3 is 2.79 bits per heavy atom. The van der Waals surface area contributed by atoms with Crippen LogP contribution in [0.1, 0.15) is 51.0 Å². The summed E-state index contributed by atoms with van der Waals surface area (Å²) < 4.78 is 13.1. The van der Waals surface area contributed by atoms with E-state index in [1.165, 1.54) is 25.0 Å². The van der Waals surface area contributed by atoms with E-state index in [0.29, 0.717) is 24.2 Å². The Balaban J connectivity index is 1.57. The van der Waals surface area contributed by atoms with Gasteiger partial charge in [0.25, 0.3) is 0 Å². The van der Waals surface area contributed by atoms with Gasteiger partial charge in [0, 0.05) is 24.9 Å². The third-order valence-electron chi connectivity index (χ3n) is 5.87. The van der Waals surface area contributed by atoms with Crippen LogP contribution in [0.5, 0.6) is 0 Å². The minimum absolute atomic E-state index is 0.201. The van der Waals surface area contributed by atoms with E-state index in [1.807, 2.05) is 17.0 Å². The lowest BCUT2D eigenvalue weighted by Crippen LogP contribution is -2.38. The Labute approximate surface area is 144 Å². The summed E-state index contributed by atoms with van der Waals surface area (Å²) in [6.07, 6.45) is 4.06. The predicted molar refractivity (Wildman–Crippen MR) is 94.3 cm³/mol. The number of nitrogens with zero attached hydrogens (tertiary/aromatic N) is 1. The molecule has 2 aliphatic heterocycles. The molecule has 1 N–H and O–H groups in total. The average Bonchev–Trinajstić information content (AvgIpc) is 2.98. The third-order valence-corrected chi connectivity index (χ3v) is 5.87. The number of nitrogens with one attached hydrogen (secondary N) is 1. The summed E-state index contributed by atoms with van der Waals surface area (Å²) in [7, 11) is 0. The van der Waals surface area contributed by atoms with Crippen LogP contribution in [-0.4, -0.2) is 36.5 Å². The van der Waals surface area contributed by atoms with E-state index in [-0.39, 0.29) is 17.8 Å². The zero-order valence-electron chi connectivity index (χ0n) is 14.8. The molecule has 2 saturated heterocycles. The van der Waals surface area contributed by atoms with E-state index in [2.05, 4.69) is 19.2 Å². The van der Waals surface area contributed by atoms with Crippen molar-refractivity contribution in [2.45, 2.75) is 51.5 Å². The zero-order chi connectivity index (χ0) is 17.1. The minimum atomic E-state index is -0.201. The zero-order valence-corrected chi connectivity index (χ0v) is 14.8. The van der Waals surface area contributed by atoms with Crippen LogP contribution in [0, 0.1) is 17.7 Å². The highest BCUT2D eigenvalue weighted by Crippen LogP contribution is 2.33. The number of piperidine rings is 1. The van der Waals surface area contributed by atoms with Gasteiger partial charge in [-0.3, -0.25) is 4.79 Å². The molecule has 2 fully saturated rings. The monoisotopic (exact) mass is 332 g/mol. The second-order valence-corrected chi connectivity index (χ2v) is 7.67. The van der Waals surface area contributed by atoms with Crippen molar-refractivity contribution in [2.75, 3.05) is 19.6 Å². The molecule has 4 heteroatoms. The molecule has 4 atom stereocenters. The van der Waals surface area contributed by atoms with Gasteiger partial charge in [0.15, 0.2) is 0 Å². The second kappa shape index (κ2) is 7.64. The Kier molecular flexibility index (Phi) is 5.54. The fourth-order valence-corrected chi connectivity index (χ4v) is 4.28. The molecule has 24 heavy (non-hydrogen) atoms. The van der Waals surface area contributed by atoms with Gasteiger partial charge in [-0.25, -0.2) is 4.39 Å². The molecule has 1 aromatic rings. The number of carbonyl (C=O) groups excluding carboxylic acids is 1. The van der Waals surface area contributed by atoms with Crippen LogP contribution in [0.4, 0.5) is 4.39 Å². The van der Waals surface area contributed by atoms with E-state index < -0.39 is 0 Å². The molecule has 0 aromatic heterocycles. The number of likely N-dealkylation sites (tertiary alicyclic amines) is 1. The molecule has 0 aliphatic carbocycles. The predicted octanol–water partition coefficient (Wildman–Crippen LogP) is 3.56. The molecule has 1 aromatic carbocycles. The van der Waals surface area contributed by atoms with Gasteiger partial charge in [0.05, 0.1) is 0 Å². The van der Waals surface area contributed by atoms with Crippen molar-refractivity contribution in [3.8, 4) is 0 Å². The van der Waals surface area contributed by atoms with Crippen LogP contribution < -0.4 is 5.32 Å².